The number of benzene rings is 2. The SMILES string of the molecule is Oc1cccc2ccc(/C=C/c3ccccc3Br)nc12. The molecule has 0 fully saturated rings. The third kappa shape index (κ3) is 2.58. The number of halogens is 1. The van der Waals surface area contributed by atoms with Gasteiger partial charge in [-0.1, -0.05) is 58.4 Å². The number of pyridine rings is 1. The molecule has 3 rings (SSSR count). The highest BCUT2D eigenvalue weighted by Gasteiger charge is 2.01. The lowest BCUT2D eigenvalue weighted by Gasteiger charge is -2.01. The fourth-order valence-electron chi connectivity index (χ4n) is 2.02. The number of hydrogen-bond donors (Lipinski definition) is 1. The lowest BCUT2D eigenvalue weighted by molar-refractivity contribution is 0.480. The van der Waals surface area contributed by atoms with Gasteiger partial charge < -0.3 is 5.11 Å². The number of aromatic nitrogens is 1. The highest BCUT2D eigenvalue weighted by atomic mass is 79.9. The van der Waals surface area contributed by atoms with Crippen molar-refractivity contribution in [1.82, 2.24) is 4.98 Å². The van der Waals surface area contributed by atoms with Gasteiger partial charge in [-0.05, 0) is 29.8 Å². The number of phenolic OH excluding ortho intramolecular Hbond substituents is 1. The summed E-state index contributed by atoms with van der Waals surface area (Å²) in [6, 6.07) is 17.3. The Kier molecular flexibility index (Phi) is 3.52. The molecule has 0 aliphatic carbocycles. The maximum Gasteiger partial charge on any atom is 0.141 e. The Labute approximate surface area is 125 Å². The van der Waals surface area contributed by atoms with Crippen LogP contribution in [0.15, 0.2) is 59.1 Å². The molecule has 0 unspecified atom stereocenters. The summed E-state index contributed by atoms with van der Waals surface area (Å²) in [6.07, 6.45) is 3.93. The van der Waals surface area contributed by atoms with E-state index >= 15 is 0 Å². The molecule has 1 N–H and O–H groups in total. The summed E-state index contributed by atoms with van der Waals surface area (Å²) in [5.74, 6) is 0.207. The molecule has 1 heterocycles. The summed E-state index contributed by atoms with van der Waals surface area (Å²) in [7, 11) is 0. The lowest BCUT2D eigenvalue weighted by Crippen LogP contribution is -1.84. The van der Waals surface area contributed by atoms with Crippen molar-refractivity contribution < 1.29 is 5.11 Å². The molecular weight excluding hydrogens is 314 g/mol. The van der Waals surface area contributed by atoms with Crippen LogP contribution >= 0.6 is 15.9 Å². The zero-order valence-corrected chi connectivity index (χ0v) is 12.2. The van der Waals surface area contributed by atoms with E-state index in [1.165, 1.54) is 0 Å². The molecule has 0 atom stereocenters. The van der Waals surface area contributed by atoms with Gasteiger partial charge in [-0.3, -0.25) is 0 Å². The number of fused-ring (bicyclic) bond motifs is 1. The van der Waals surface area contributed by atoms with Crippen LogP contribution in [-0.4, -0.2) is 10.1 Å². The van der Waals surface area contributed by atoms with Crippen molar-refractivity contribution in [1.29, 1.82) is 0 Å². The van der Waals surface area contributed by atoms with E-state index in [-0.39, 0.29) is 5.75 Å². The highest BCUT2D eigenvalue weighted by molar-refractivity contribution is 9.10. The minimum Gasteiger partial charge on any atom is -0.506 e. The first-order valence-corrected chi connectivity index (χ1v) is 7.05. The van der Waals surface area contributed by atoms with Crippen LogP contribution in [0.2, 0.25) is 0 Å². The second-order valence-electron chi connectivity index (χ2n) is 4.44. The van der Waals surface area contributed by atoms with Crippen molar-refractivity contribution in [2.45, 2.75) is 0 Å². The molecule has 0 saturated heterocycles. The van der Waals surface area contributed by atoms with E-state index in [1.807, 2.05) is 60.7 Å². The molecule has 0 spiro atoms. The van der Waals surface area contributed by atoms with Crippen molar-refractivity contribution in [3.63, 3.8) is 0 Å². The molecular formula is C17H12BrNO. The molecule has 0 radical (unpaired) electrons. The van der Waals surface area contributed by atoms with E-state index in [0.717, 1.165) is 21.1 Å². The number of aromatic hydroxyl groups is 1. The van der Waals surface area contributed by atoms with Crippen LogP contribution in [0.25, 0.3) is 23.1 Å². The zero-order chi connectivity index (χ0) is 13.9. The van der Waals surface area contributed by atoms with Crippen LogP contribution < -0.4 is 0 Å². The average molecular weight is 326 g/mol. The molecule has 0 aliphatic heterocycles. The molecule has 3 aromatic rings. The topological polar surface area (TPSA) is 33.1 Å². The molecule has 0 bridgehead atoms. The van der Waals surface area contributed by atoms with Gasteiger partial charge in [0.25, 0.3) is 0 Å². The lowest BCUT2D eigenvalue weighted by atomic mass is 10.1. The van der Waals surface area contributed by atoms with Gasteiger partial charge in [-0.25, -0.2) is 4.98 Å². The number of para-hydroxylation sites is 1. The zero-order valence-electron chi connectivity index (χ0n) is 10.6. The quantitative estimate of drug-likeness (QED) is 0.728. The monoisotopic (exact) mass is 325 g/mol. The smallest absolute Gasteiger partial charge is 0.141 e. The fraction of sp³-hybridized carbons (Fsp3) is 0. The highest BCUT2D eigenvalue weighted by Crippen LogP contribution is 2.23. The van der Waals surface area contributed by atoms with Gasteiger partial charge in [0.1, 0.15) is 11.3 Å². The van der Waals surface area contributed by atoms with E-state index in [1.54, 1.807) is 6.07 Å². The minimum absolute atomic E-state index is 0.207. The average Bonchev–Trinajstić information content (AvgIpc) is 2.47. The van der Waals surface area contributed by atoms with Gasteiger partial charge in [-0.15, -0.1) is 0 Å². The van der Waals surface area contributed by atoms with E-state index in [0.29, 0.717) is 5.52 Å². The number of phenols is 1. The Morgan fingerprint density at radius 3 is 2.60 bits per heavy atom. The Hall–Kier alpha value is -2.13. The summed E-state index contributed by atoms with van der Waals surface area (Å²) < 4.78 is 1.04. The summed E-state index contributed by atoms with van der Waals surface area (Å²) in [6.45, 7) is 0. The van der Waals surface area contributed by atoms with E-state index < -0.39 is 0 Å². The molecule has 0 amide bonds. The van der Waals surface area contributed by atoms with Gasteiger partial charge in [0.05, 0.1) is 5.69 Å². The van der Waals surface area contributed by atoms with Crippen molar-refractivity contribution in [2.75, 3.05) is 0 Å². The standard InChI is InChI=1S/C17H12BrNO/c18-15-6-2-1-4-12(15)8-10-14-11-9-13-5-3-7-16(20)17(13)19-14/h1-11,20H/b10-8+. The third-order valence-corrected chi connectivity index (χ3v) is 3.78. The van der Waals surface area contributed by atoms with Crippen molar-refractivity contribution in [3.8, 4) is 5.75 Å². The first-order chi connectivity index (χ1) is 9.74. The summed E-state index contributed by atoms with van der Waals surface area (Å²) in [5, 5.41) is 10.8. The van der Waals surface area contributed by atoms with Crippen LogP contribution in [-0.2, 0) is 0 Å². The Bertz CT molecular complexity index is 796. The maximum absolute atomic E-state index is 9.83. The third-order valence-electron chi connectivity index (χ3n) is 3.06. The Morgan fingerprint density at radius 1 is 0.900 bits per heavy atom. The van der Waals surface area contributed by atoms with Crippen molar-refractivity contribution in [2.24, 2.45) is 0 Å². The van der Waals surface area contributed by atoms with Crippen LogP contribution in [0.4, 0.5) is 0 Å². The molecule has 2 nitrogen and oxygen atoms in total. The van der Waals surface area contributed by atoms with Crippen LogP contribution in [0, 0.1) is 0 Å². The maximum atomic E-state index is 9.83. The van der Waals surface area contributed by atoms with Gasteiger partial charge in [0.2, 0.25) is 0 Å². The number of rotatable bonds is 2. The van der Waals surface area contributed by atoms with Crippen molar-refractivity contribution in [3.05, 3.63) is 70.3 Å². The fourth-order valence-corrected chi connectivity index (χ4v) is 2.44. The molecule has 2 aromatic carbocycles. The second-order valence-corrected chi connectivity index (χ2v) is 5.29. The largest absolute Gasteiger partial charge is 0.506 e. The van der Waals surface area contributed by atoms with Gasteiger partial charge in [0.15, 0.2) is 0 Å². The van der Waals surface area contributed by atoms with E-state index in [2.05, 4.69) is 20.9 Å². The minimum atomic E-state index is 0.207. The summed E-state index contributed by atoms with van der Waals surface area (Å²) >= 11 is 3.51. The first kappa shape index (κ1) is 12.9. The van der Waals surface area contributed by atoms with Crippen LogP contribution in [0.1, 0.15) is 11.3 Å². The summed E-state index contributed by atoms with van der Waals surface area (Å²) in [5.41, 5.74) is 2.53. The van der Waals surface area contributed by atoms with E-state index in [4.69, 9.17) is 0 Å². The summed E-state index contributed by atoms with van der Waals surface area (Å²) in [4.78, 5) is 4.47. The predicted octanol–water partition coefficient (Wildman–Crippen LogP) is 4.87. The molecule has 3 heteroatoms. The van der Waals surface area contributed by atoms with Crippen molar-refractivity contribution >= 4 is 39.0 Å². The molecule has 1 aromatic heterocycles. The number of hydrogen-bond acceptors (Lipinski definition) is 2. The second kappa shape index (κ2) is 5.47. The molecule has 0 saturated carbocycles. The van der Waals surface area contributed by atoms with Gasteiger partial charge >= 0.3 is 0 Å². The van der Waals surface area contributed by atoms with E-state index in [9.17, 15) is 5.11 Å². The van der Waals surface area contributed by atoms with Gasteiger partial charge in [-0.2, -0.15) is 0 Å². The van der Waals surface area contributed by atoms with Crippen LogP contribution in [0.3, 0.4) is 0 Å². The predicted molar refractivity (Wildman–Crippen MR) is 86.5 cm³/mol. The Morgan fingerprint density at radius 2 is 1.75 bits per heavy atom. The Balaban J connectivity index is 1.99. The normalized spacial score (nSPS) is 11.2. The first-order valence-electron chi connectivity index (χ1n) is 6.25. The number of nitrogens with zero attached hydrogens (tertiary/aromatic N) is 1. The van der Waals surface area contributed by atoms with Gasteiger partial charge in [0, 0.05) is 9.86 Å². The molecule has 0 aliphatic rings. The van der Waals surface area contributed by atoms with Crippen LogP contribution in [0.5, 0.6) is 5.75 Å². The molecule has 98 valence electrons. The molecule has 20 heavy (non-hydrogen) atoms.